The lowest BCUT2D eigenvalue weighted by Gasteiger charge is -2.30. The molecule has 34 heavy (non-hydrogen) atoms. The van der Waals surface area contributed by atoms with Gasteiger partial charge in [0.25, 0.3) is 0 Å². The van der Waals surface area contributed by atoms with E-state index in [2.05, 4.69) is 20.0 Å². The van der Waals surface area contributed by atoms with Gasteiger partial charge < -0.3 is 24.3 Å². The van der Waals surface area contributed by atoms with Crippen LogP contribution in [0.15, 0.2) is 36.9 Å². The predicted octanol–water partition coefficient (Wildman–Crippen LogP) is 3.63. The number of anilines is 1. The number of nitrogens with zero attached hydrogens (tertiary/aromatic N) is 4. The Morgan fingerprint density at radius 1 is 1.24 bits per heavy atom. The Morgan fingerprint density at radius 3 is 2.62 bits per heavy atom. The average molecular weight is 511 g/mol. The van der Waals surface area contributed by atoms with E-state index in [1.807, 2.05) is 0 Å². The van der Waals surface area contributed by atoms with Crippen LogP contribution in [0.5, 0.6) is 5.75 Å². The van der Waals surface area contributed by atoms with Gasteiger partial charge in [0.05, 0.1) is 19.0 Å². The van der Waals surface area contributed by atoms with Crippen molar-refractivity contribution in [2.75, 3.05) is 18.7 Å². The third-order valence-electron chi connectivity index (χ3n) is 4.54. The number of carbonyl (C=O) groups excluding carboxylic acids is 1. The second-order valence-electron chi connectivity index (χ2n) is 8.32. The van der Waals surface area contributed by atoms with Gasteiger partial charge in [0.1, 0.15) is 29.5 Å². The van der Waals surface area contributed by atoms with Crippen molar-refractivity contribution >= 4 is 42.1 Å². The van der Waals surface area contributed by atoms with E-state index < -0.39 is 19.0 Å². The summed E-state index contributed by atoms with van der Waals surface area (Å²) >= 11 is 5.93. The standard InChI is InChI=1S/C21H28ClN6O5P/c1-14(2)32-20(29)21(3,4)27-34(30,33-16-7-5-15(22)6-8-16)13-31-10-9-28-12-26-17-18(23)24-11-25-19(17)28/h5-8,11-12,14H,9-10,13H2,1-4H3,(H,27,30)(H2,23,24,25). The normalized spacial score (nSPS) is 13.7. The number of halogens is 1. The van der Waals surface area contributed by atoms with Gasteiger partial charge in [-0.2, -0.15) is 0 Å². The minimum atomic E-state index is -3.72. The quantitative estimate of drug-likeness (QED) is 0.223. The number of hydrogen-bond acceptors (Lipinski definition) is 9. The van der Waals surface area contributed by atoms with Gasteiger partial charge >= 0.3 is 13.5 Å². The summed E-state index contributed by atoms with van der Waals surface area (Å²) in [7, 11) is -3.72. The van der Waals surface area contributed by atoms with Crippen molar-refractivity contribution < 1.29 is 23.4 Å². The second-order valence-corrected chi connectivity index (χ2v) is 10.8. The highest BCUT2D eigenvalue weighted by atomic mass is 35.5. The van der Waals surface area contributed by atoms with Crippen LogP contribution in [0.25, 0.3) is 11.2 Å². The molecule has 0 spiro atoms. The number of nitrogen functional groups attached to an aromatic ring is 1. The van der Waals surface area contributed by atoms with E-state index in [-0.39, 0.29) is 24.9 Å². The molecule has 3 aromatic rings. The van der Waals surface area contributed by atoms with Crippen LogP contribution in [-0.2, 0) is 25.4 Å². The number of aromatic nitrogens is 4. The van der Waals surface area contributed by atoms with Gasteiger partial charge in [-0.25, -0.2) is 20.0 Å². The Hall–Kier alpha value is -2.72. The number of hydrogen-bond donors (Lipinski definition) is 2. The largest absolute Gasteiger partial charge is 0.462 e. The van der Waals surface area contributed by atoms with Gasteiger partial charge in [0.2, 0.25) is 0 Å². The summed E-state index contributed by atoms with van der Waals surface area (Å²) in [5, 5.41) is 3.32. The molecule has 0 radical (unpaired) electrons. The van der Waals surface area contributed by atoms with Gasteiger partial charge in [-0.05, 0) is 52.0 Å². The van der Waals surface area contributed by atoms with Crippen molar-refractivity contribution in [2.45, 2.75) is 45.9 Å². The molecule has 0 aliphatic carbocycles. The van der Waals surface area contributed by atoms with E-state index in [1.165, 1.54) is 6.33 Å². The fourth-order valence-electron chi connectivity index (χ4n) is 2.99. The highest BCUT2D eigenvalue weighted by molar-refractivity contribution is 7.57. The van der Waals surface area contributed by atoms with E-state index in [0.717, 1.165) is 0 Å². The molecule has 3 rings (SSSR count). The third kappa shape index (κ3) is 6.66. The van der Waals surface area contributed by atoms with E-state index >= 15 is 0 Å². The first-order valence-electron chi connectivity index (χ1n) is 10.5. The molecule has 13 heteroatoms. The number of nitrogens with one attached hydrogen (secondary N) is 1. The summed E-state index contributed by atoms with van der Waals surface area (Å²) in [6.45, 7) is 7.14. The Kier molecular flexibility index (Phi) is 8.14. The number of nitrogens with two attached hydrogens (primary N) is 1. The molecule has 2 aromatic heterocycles. The average Bonchev–Trinajstić information content (AvgIpc) is 3.16. The SMILES string of the molecule is CC(C)OC(=O)C(C)(C)NP(=O)(COCCn1cnc2c(N)ncnc21)Oc1ccc(Cl)cc1. The van der Waals surface area contributed by atoms with Crippen molar-refractivity contribution in [1.29, 1.82) is 0 Å². The number of rotatable bonds is 11. The maximum absolute atomic E-state index is 13.7. The fraction of sp³-hybridized carbons (Fsp3) is 0.429. The minimum Gasteiger partial charge on any atom is -0.462 e. The van der Waals surface area contributed by atoms with Crippen molar-refractivity contribution in [1.82, 2.24) is 24.6 Å². The molecule has 1 aromatic carbocycles. The van der Waals surface area contributed by atoms with E-state index in [9.17, 15) is 9.36 Å². The van der Waals surface area contributed by atoms with Crippen LogP contribution in [0.3, 0.4) is 0 Å². The maximum Gasteiger partial charge on any atom is 0.342 e. The van der Waals surface area contributed by atoms with Gasteiger partial charge in [-0.1, -0.05) is 11.6 Å². The molecule has 1 unspecified atom stereocenters. The Labute approximate surface area is 202 Å². The van der Waals surface area contributed by atoms with Gasteiger partial charge in [0.15, 0.2) is 11.5 Å². The first-order chi connectivity index (χ1) is 16.0. The maximum atomic E-state index is 13.7. The molecule has 3 N–H and O–H groups in total. The number of benzene rings is 1. The van der Waals surface area contributed by atoms with Crippen molar-refractivity contribution in [3.8, 4) is 5.75 Å². The number of carbonyl (C=O) groups is 1. The number of ether oxygens (including phenoxy) is 2. The van der Waals surface area contributed by atoms with Gasteiger partial charge in [-0.3, -0.25) is 9.36 Å². The van der Waals surface area contributed by atoms with Gasteiger partial charge in [0, 0.05) is 11.6 Å². The molecule has 0 bridgehead atoms. The monoisotopic (exact) mass is 510 g/mol. The fourth-order valence-corrected chi connectivity index (χ4v) is 5.05. The molecular weight excluding hydrogens is 483 g/mol. The lowest BCUT2D eigenvalue weighted by atomic mass is 10.1. The smallest absolute Gasteiger partial charge is 0.342 e. The van der Waals surface area contributed by atoms with Crippen LogP contribution in [0.1, 0.15) is 27.7 Å². The second kappa shape index (κ2) is 10.7. The van der Waals surface area contributed by atoms with Crippen LogP contribution >= 0.6 is 19.1 Å². The molecule has 0 aliphatic heterocycles. The van der Waals surface area contributed by atoms with E-state index in [1.54, 1.807) is 62.9 Å². The van der Waals surface area contributed by atoms with Crippen LogP contribution in [0.2, 0.25) is 5.02 Å². The minimum absolute atomic E-state index is 0.169. The van der Waals surface area contributed by atoms with Crippen molar-refractivity contribution in [3.05, 3.63) is 41.9 Å². The summed E-state index contributed by atoms with van der Waals surface area (Å²) in [5.41, 5.74) is 5.56. The number of fused-ring (bicyclic) bond motifs is 1. The zero-order valence-electron chi connectivity index (χ0n) is 19.4. The van der Waals surface area contributed by atoms with Crippen LogP contribution in [-0.4, -0.2) is 50.1 Å². The lowest BCUT2D eigenvalue weighted by molar-refractivity contribution is -0.153. The zero-order valence-corrected chi connectivity index (χ0v) is 21.0. The first kappa shape index (κ1) is 25.9. The molecule has 11 nitrogen and oxygen atoms in total. The molecule has 0 saturated carbocycles. The topological polar surface area (TPSA) is 143 Å². The summed E-state index contributed by atoms with van der Waals surface area (Å²) in [6.07, 6.45) is 2.29. The Bertz CT molecular complexity index is 1180. The molecule has 0 fully saturated rings. The summed E-state index contributed by atoms with van der Waals surface area (Å²) in [4.78, 5) is 24.8. The number of imidazole rings is 1. The lowest BCUT2D eigenvalue weighted by Crippen LogP contribution is -2.48. The van der Waals surface area contributed by atoms with Crippen LogP contribution in [0.4, 0.5) is 5.82 Å². The molecular formula is C21H28ClN6O5P. The molecule has 184 valence electrons. The summed E-state index contributed by atoms with van der Waals surface area (Å²) < 4.78 is 32.2. The van der Waals surface area contributed by atoms with Crippen LogP contribution in [0, 0.1) is 0 Å². The van der Waals surface area contributed by atoms with E-state index in [4.69, 9.17) is 31.3 Å². The molecule has 0 saturated heterocycles. The van der Waals surface area contributed by atoms with Crippen molar-refractivity contribution in [2.24, 2.45) is 0 Å². The van der Waals surface area contributed by atoms with Gasteiger partial charge in [-0.15, -0.1) is 0 Å². The molecule has 0 aliphatic rings. The Balaban J connectivity index is 1.70. The van der Waals surface area contributed by atoms with E-state index in [0.29, 0.717) is 28.5 Å². The molecule has 1 atom stereocenters. The first-order valence-corrected chi connectivity index (χ1v) is 12.7. The number of esters is 1. The molecule has 0 amide bonds. The van der Waals surface area contributed by atoms with Crippen LogP contribution < -0.4 is 15.3 Å². The summed E-state index contributed by atoms with van der Waals surface area (Å²) in [5.74, 6) is 0.0273. The Morgan fingerprint density at radius 2 is 1.94 bits per heavy atom. The zero-order chi connectivity index (χ0) is 24.9. The molecule has 2 heterocycles. The third-order valence-corrected chi connectivity index (χ3v) is 6.72. The highest BCUT2D eigenvalue weighted by Crippen LogP contribution is 2.45. The highest BCUT2D eigenvalue weighted by Gasteiger charge is 2.39. The summed E-state index contributed by atoms with van der Waals surface area (Å²) in [6, 6.07) is 6.38. The predicted molar refractivity (Wildman–Crippen MR) is 129 cm³/mol. The van der Waals surface area contributed by atoms with Crippen molar-refractivity contribution in [3.63, 3.8) is 0 Å².